The lowest BCUT2D eigenvalue weighted by Gasteiger charge is -1.98. The number of halogens is 4. The van der Waals surface area contributed by atoms with Gasteiger partial charge >= 0.3 is 0 Å². The standard InChI is InChI=1S/C9H8Cl4/c10-8(11)4-1-2-5-7(3-6(4)8)9(5,12)13/h1-2,4-7H,3H2/t4-,5+,6-,7+. The Morgan fingerprint density at radius 3 is 1.62 bits per heavy atom. The fourth-order valence-electron chi connectivity index (χ4n) is 2.48. The van der Waals surface area contributed by atoms with Gasteiger partial charge in [-0.2, -0.15) is 0 Å². The molecule has 4 atom stereocenters. The molecule has 0 aromatic rings. The van der Waals surface area contributed by atoms with Gasteiger partial charge in [0.1, 0.15) is 8.67 Å². The van der Waals surface area contributed by atoms with Crippen LogP contribution in [0.2, 0.25) is 0 Å². The minimum Gasteiger partial charge on any atom is -0.101 e. The fraction of sp³-hybridized carbons (Fsp3) is 0.778. The van der Waals surface area contributed by atoms with E-state index in [2.05, 4.69) is 12.2 Å². The number of hydrogen-bond acceptors (Lipinski definition) is 0. The average molecular weight is 258 g/mol. The Kier molecular flexibility index (Phi) is 1.65. The van der Waals surface area contributed by atoms with Crippen molar-refractivity contribution in [3.05, 3.63) is 12.2 Å². The summed E-state index contributed by atoms with van der Waals surface area (Å²) in [6.07, 6.45) is 5.13. The van der Waals surface area contributed by atoms with E-state index >= 15 is 0 Å². The zero-order chi connectivity index (χ0) is 9.43. The molecule has 2 saturated carbocycles. The van der Waals surface area contributed by atoms with E-state index in [4.69, 9.17) is 46.4 Å². The largest absolute Gasteiger partial charge is 0.128 e. The summed E-state index contributed by atoms with van der Waals surface area (Å²) in [5.74, 6) is 1.38. The molecule has 3 aliphatic carbocycles. The van der Waals surface area contributed by atoms with Gasteiger partial charge in [-0.05, 0) is 6.42 Å². The normalized spacial score (nSPS) is 53.2. The molecule has 3 aliphatic rings. The number of hydrogen-bond donors (Lipinski definition) is 0. The van der Waals surface area contributed by atoms with Gasteiger partial charge in [0.05, 0.1) is 0 Å². The number of alkyl halides is 4. The highest BCUT2D eigenvalue weighted by atomic mass is 35.5. The lowest BCUT2D eigenvalue weighted by atomic mass is 10.2. The van der Waals surface area contributed by atoms with Crippen LogP contribution in [-0.4, -0.2) is 8.67 Å². The summed E-state index contributed by atoms with van der Waals surface area (Å²) in [7, 11) is 0. The van der Waals surface area contributed by atoms with Crippen molar-refractivity contribution in [1.82, 2.24) is 0 Å². The molecule has 0 heterocycles. The maximum atomic E-state index is 6.09. The zero-order valence-electron chi connectivity index (χ0n) is 6.68. The van der Waals surface area contributed by atoms with Crippen LogP contribution in [-0.2, 0) is 0 Å². The third kappa shape index (κ3) is 1.07. The molecule has 0 amide bonds. The van der Waals surface area contributed by atoms with Crippen molar-refractivity contribution in [2.24, 2.45) is 23.7 Å². The first kappa shape index (κ1) is 9.15. The Bertz CT molecular complexity index is 266. The number of allylic oxidation sites excluding steroid dienone is 2. The molecule has 3 rings (SSSR count). The van der Waals surface area contributed by atoms with Crippen LogP contribution in [0.4, 0.5) is 0 Å². The van der Waals surface area contributed by atoms with Gasteiger partial charge in [0.2, 0.25) is 0 Å². The van der Waals surface area contributed by atoms with E-state index < -0.39 is 8.67 Å². The summed E-state index contributed by atoms with van der Waals surface area (Å²) in [5.41, 5.74) is 0. The fourth-order valence-corrected chi connectivity index (χ4v) is 4.02. The van der Waals surface area contributed by atoms with Crippen LogP contribution in [0.5, 0.6) is 0 Å². The van der Waals surface area contributed by atoms with E-state index in [0.717, 1.165) is 6.42 Å². The molecule has 0 aromatic heterocycles. The lowest BCUT2D eigenvalue weighted by Crippen LogP contribution is -1.96. The molecular formula is C9H8Cl4. The van der Waals surface area contributed by atoms with E-state index in [1.807, 2.05) is 0 Å². The maximum absolute atomic E-state index is 6.09. The molecule has 0 bridgehead atoms. The van der Waals surface area contributed by atoms with Crippen LogP contribution in [0.25, 0.3) is 0 Å². The van der Waals surface area contributed by atoms with Crippen LogP contribution in [0.1, 0.15) is 6.42 Å². The summed E-state index contributed by atoms with van der Waals surface area (Å²) >= 11 is 24.4. The summed E-state index contributed by atoms with van der Waals surface area (Å²) < 4.78 is -1.10. The van der Waals surface area contributed by atoms with Gasteiger partial charge in [-0.25, -0.2) is 0 Å². The molecule has 0 aliphatic heterocycles. The van der Waals surface area contributed by atoms with Crippen LogP contribution >= 0.6 is 46.4 Å². The number of rotatable bonds is 0. The van der Waals surface area contributed by atoms with E-state index in [0.29, 0.717) is 23.7 Å². The molecule has 0 nitrogen and oxygen atoms in total. The predicted molar refractivity (Wildman–Crippen MR) is 56.6 cm³/mol. The minimum atomic E-state index is -0.548. The molecular weight excluding hydrogens is 250 g/mol. The highest BCUT2D eigenvalue weighted by Crippen LogP contribution is 2.72. The smallest absolute Gasteiger partial charge is 0.101 e. The summed E-state index contributed by atoms with van der Waals surface area (Å²) in [5, 5.41) is 0. The lowest BCUT2D eigenvalue weighted by molar-refractivity contribution is 0.614. The van der Waals surface area contributed by atoms with Gasteiger partial charge in [-0.15, -0.1) is 46.4 Å². The van der Waals surface area contributed by atoms with Crippen LogP contribution < -0.4 is 0 Å². The first-order valence-corrected chi connectivity index (χ1v) is 5.91. The van der Waals surface area contributed by atoms with Crippen LogP contribution in [0.3, 0.4) is 0 Å². The van der Waals surface area contributed by atoms with Crippen molar-refractivity contribution in [2.75, 3.05) is 0 Å². The van der Waals surface area contributed by atoms with Gasteiger partial charge in [0.15, 0.2) is 0 Å². The van der Waals surface area contributed by atoms with Gasteiger partial charge in [-0.3, -0.25) is 0 Å². The van der Waals surface area contributed by atoms with E-state index in [9.17, 15) is 0 Å². The Morgan fingerprint density at radius 2 is 1.23 bits per heavy atom. The van der Waals surface area contributed by atoms with Crippen LogP contribution in [0.15, 0.2) is 12.2 Å². The number of fused-ring (bicyclic) bond motifs is 2. The van der Waals surface area contributed by atoms with Crippen molar-refractivity contribution >= 4 is 46.4 Å². The van der Waals surface area contributed by atoms with E-state index in [1.165, 1.54) is 0 Å². The van der Waals surface area contributed by atoms with E-state index in [-0.39, 0.29) is 0 Å². The molecule has 0 aromatic carbocycles. The van der Waals surface area contributed by atoms with Gasteiger partial charge < -0.3 is 0 Å². The molecule has 4 heteroatoms. The second-order valence-electron chi connectivity index (χ2n) is 4.23. The quantitative estimate of drug-likeness (QED) is 0.458. The van der Waals surface area contributed by atoms with Crippen molar-refractivity contribution in [1.29, 1.82) is 0 Å². The Labute approximate surface area is 97.2 Å². The second kappa shape index (κ2) is 2.35. The van der Waals surface area contributed by atoms with E-state index in [1.54, 1.807) is 0 Å². The van der Waals surface area contributed by atoms with Crippen molar-refractivity contribution in [3.8, 4) is 0 Å². The molecule has 0 saturated heterocycles. The highest BCUT2D eigenvalue weighted by molar-refractivity contribution is 6.52. The Hall–Kier alpha value is 0.900. The Morgan fingerprint density at radius 1 is 0.846 bits per heavy atom. The SMILES string of the molecule is ClC1(Cl)[C@@H]2C=C[C@H]3[C@H](C[C@H]21)C3(Cl)Cl. The van der Waals surface area contributed by atoms with Crippen molar-refractivity contribution in [2.45, 2.75) is 15.1 Å². The monoisotopic (exact) mass is 256 g/mol. The molecule has 0 radical (unpaired) electrons. The topological polar surface area (TPSA) is 0 Å². The van der Waals surface area contributed by atoms with Gasteiger partial charge in [0.25, 0.3) is 0 Å². The predicted octanol–water partition coefficient (Wildman–Crippen LogP) is 3.79. The second-order valence-corrected chi connectivity index (χ2v) is 7.12. The molecule has 0 spiro atoms. The maximum Gasteiger partial charge on any atom is 0.128 e. The summed E-state index contributed by atoms with van der Waals surface area (Å²) in [6, 6.07) is 0. The van der Waals surface area contributed by atoms with Gasteiger partial charge in [0, 0.05) is 23.7 Å². The van der Waals surface area contributed by atoms with Gasteiger partial charge in [-0.1, -0.05) is 12.2 Å². The summed E-state index contributed by atoms with van der Waals surface area (Å²) in [4.78, 5) is 0. The third-order valence-electron chi connectivity index (χ3n) is 3.56. The van der Waals surface area contributed by atoms with Crippen molar-refractivity contribution in [3.63, 3.8) is 0 Å². The molecule has 2 fully saturated rings. The summed E-state index contributed by atoms with van der Waals surface area (Å²) in [6.45, 7) is 0. The zero-order valence-corrected chi connectivity index (χ0v) is 9.71. The first-order chi connectivity index (χ1) is 5.95. The average Bonchev–Trinajstić information content (AvgIpc) is 2.75. The molecule has 72 valence electrons. The molecule has 0 unspecified atom stereocenters. The minimum absolute atomic E-state index is 0.327. The first-order valence-electron chi connectivity index (χ1n) is 4.39. The molecule has 13 heavy (non-hydrogen) atoms. The Balaban J connectivity index is 1.86. The highest BCUT2D eigenvalue weighted by Gasteiger charge is 2.71. The third-order valence-corrected chi connectivity index (χ3v) is 5.69. The molecule has 0 N–H and O–H groups in total. The van der Waals surface area contributed by atoms with Crippen molar-refractivity contribution < 1.29 is 0 Å². The van der Waals surface area contributed by atoms with Crippen LogP contribution in [0, 0.1) is 23.7 Å².